The van der Waals surface area contributed by atoms with Crippen LogP contribution in [0.3, 0.4) is 0 Å². The Morgan fingerprint density at radius 3 is 2.59 bits per heavy atom. The molecular formula is C17H28IN3S. The number of likely N-dealkylation sites (tertiary alicyclic amines) is 1. The number of halogens is 1. The smallest absolute Gasteiger partial charge is 0.193 e. The zero-order chi connectivity index (χ0) is 14.7. The Balaban J connectivity index is 0.00000176. The molecular weight excluding hydrogens is 405 g/mol. The molecule has 0 spiro atoms. The Hall–Kier alpha value is -0.300. The Labute approximate surface area is 155 Å². The van der Waals surface area contributed by atoms with Crippen LogP contribution in [0.5, 0.6) is 0 Å². The van der Waals surface area contributed by atoms with Gasteiger partial charge in [0.25, 0.3) is 0 Å². The molecule has 5 heteroatoms. The minimum Gasteiger partial charge on any atom is -0.356 e. The second-order valence-electron chi connectivity index (χ2n) is 6.60. The van der Waals surface area contributed by atoms with E-state index in [2.05, 4.69) is 39.0 Å². The number of hydrogen-bond donors (Lipinski definition) is 1. The van der Waals surface area contributed by atoms with Crippen LogP contribution in [0.15, 0.2) is 21.8 Å². The topological polar surface area (TPSA) is 27.6 Å². The quantitative estimate of drug-likeness (QED) is 0.440. The molecule has 2 aliphatic rings. The zero-order valence-electron chi connectivity index (χ0n) is 13.6. The van der Waals surface area contributed by atoms with Gasteiger partial charge in [-0.05, 0) is 53.0 Å². The van der Waals surface area contributed by atoms with Gasteiger partial charge in [-0.1, -0.05) is 19.8 Å². The van der Waals surface area contributed by atoms with E-state index in [9.17, 15) is 0 Å². The maximum absolute atomic E-state index is 4.52. The molecule has 0 bridgehead atoms. The molecule has 0 aromatic carbocycles. The van der Waals surface area contributed by atoms with E-state index in [1.165, 1.54) is 44.3 Å². The second kappa shape index (κ2) is 8.52. The number of nitrogens with one attached hydrogen (secondary N) is 1. The molecule has 3 rings (SSSR count). The summed E-state index contributed by atoms with van der Waals surface area (Å²) in [5, 5.41) is 8.00. The lowest BCUT2D eigenvalue weighted by molar-refractivity contribution is 0.299. The van der Waals surface area contributed by atoms with Gasteiger partial charge in [-0.25, -0.2) is 0 Å². The first kappa shape index (κ1) is 18.0. The fraction of sp³-hybridized carbons (Fsp3) is 0.706. The molecule has 1 aromatic heterocycles. The number of fused-ring (bicyclic) bond motifs is 1. The van der Waals surface area contributed by atoms with Crippen LogP contribution in [0.25, 0.3) is 0 Å². The molecule has 0 radical (unpaired) electrons. The van der Waals surface area contributed by atoms with Crippen LogP contribution in [-0.2, 0) is 0 Å². The lowest BCUT2D eigenvalue weighted by Crippen LogP contribution is -2.41. The number of guanidine groups is 1. The highest BCUT2D eigenvalue weighted by Gasteiger charge is 2.35. The van der Waals surface area contributed by atoms with E-state index < -0.39 is 0 Å². The van der Waals surface area contributed by atoms with E-state index in [1.807, 2.05) is 7.05 Å². The number of hydrogen-bond acceptors (Lipinski definition) is 2. The van der Waals surface area contributed by atoms with E-state index in [4.69, 9.17) is 0 Å². The summed E-state index contributed by atoms with van der Waals surface area (Å²) in [5.74, 6) is 3.46. The van der Waals surface area contributed by atoms with Crippen molar-refractivity contribution in [2.24, 2.45) is 16.8 Å². The molecule has 2 heterocycles. The van der Waals surface area contributed by atoms with Crippen molar-refractivity contribution in [2.45, 2.75) is 38.5 Å². The number of rotatable bonds is 3. The third-order valence-corrected chi connectivity index (χ3v) is 5.87. The Kier molecular flexibility index (Phi) is 6.99. The minimum absolute atomic E-state index is 0. The van der Waals surface area contributed by atoms with Crippen LogP contribution in [0.1, 0.15) is 44.1 Å². The van der Waals surface area contributed by atoms with E-state index in [-0.39, 0.29) is 24.0 Å². The SMILES string of the molecule is CN=C(NCC(C)c1ccsc1)N1CC2CCCCC2C1.I. The van der Waals surface area contributed by atoms with Crippen molar-refractivity contribution in [1.82, 2.24) is 10.2 Å². The molecule has 3 atom stereocenters. The average molecular weight is 433 g/mol. The number of aliphatic imine (C=N–C) groups is 1. The van der Waals surface area contributed by atoms with Crippen LogP contribution in [0.2, 0.25) is 0 Å². The lowest BCUT2D eigenvalue weighted by atomic mass is 9.82. The fourth-order valence-corrected chi connectivity index (χ4v) is 4.61. The van der Waals surface area contributed by atoms with Crippen LogP contribution in [0.4, 0.5) is 0 Å². The predicted octanol–water partition coefficient (Wildman–Crippen LogP) is 4.17. The van der Waals surface area contributed by atoms with Gasteiger partial charge in [-0.3, -0.25) is 4.99 Å². The monoisotopic (exact) mass is 433 g/mol. The number of thiophene rings is 1. The van der Waals surface area contributed by atoms with Crippen molar-refractivity contribution in [3.8, 4) is 0 Å². The van der Waals surface area contributed by atoms with E-state index in [0.29, 0.717) is 5.92 Å². The van der Waals surface area contributed by atoms with Crippen molar-refractivity contribution in [1.29, 1.82) is 0 Å². The second-order valence-corrected chi connectivity index (χ2v) is 7.38. The third kappa shape index (κ3) is 4.16. The molecule has 124 valence electrons. The van der Waals surface area contributed by atoms with Crippen LogP contribution in [-0.4, -0.2) is 37.5 Å². The van der Waals surface area contributed by atoms with Crippen LogP contribution < -0.4 is 5.32 Å². The van der Waals surface area contributed by atoms with E-state index in [1.54, 1.807) is 11.3 Å². The molecule has 22 heavy (non-hydrogen) atoms. The highest BCUT2D eigenvalue weighted by Crippen LogP contribution is 2.35. The lowest BCUT2D eigenvalue weighted by Gasteiger charge is -2.23. The summed E-state index contributed by atoms with van der Waals surface area (Å²) < 4.78 is 0. The summed E-state index contributed by atoms with van der Waals surface area (Å²) in [4.78, 5) is 7.00. The van der Waals surface area contributed by atoms with Gasteiger partial charge in [0.1, 0.15) is 0 Å². The Morgan fingerprint density at radius 2 is 2.05 bits per heavy atom. The minimum atomic E-state index is 0. The van der Waals surface area contributed by atoms with Crippen molar-refractivity contribution >= 4 is 41.3 Å². The first-order chi connectivity index (χ1) is 10.3. The summed E-state index contributed by atoms with van der Waals surface area (Å²) in [6, 6.07) is 2.23. The summed E-state index contributed by atoms with van der Waals surface area (Å²) in [6.07, 6.45) is 5.69. The zero-order valence-corrected chi connectivity index (χ0v) is 16.8. The molecule has 1 aliphatic carbocycles. The standard InChI is InChI=1S/C17H27N3S.HI/c1-13(16-7-8-21-12-16)9-19-17(18-2)20-10-14-5-3-4-6-15(14)11-20;/h7-8,12-15H,3-6,9-11H2,1-2H3,(H,18,19);1H. The van der Waals surface area contributed by atoms with Gasteiger partial charge >= 0.3 is 0 Å². The summed E-state index contributed by atoms with van der Waals surface area (Å²) in [5.41, 5.74) is 1.43. The Morgan fingerprint density at radius 1 is 1.36 bits per heavy atom. The molecule has 3 nitrogen and oxygen atoms in total. The van der Waals surface area contributed by atoms with Gasteiger partial charge in [0.2, 0.25) is 0 Å². The van der Waals surface area contributed by atoms with Crippen LogP contribution in [0, 0.1) is 11.8 Å². The predicted molar refractivity (Wildman–Crippen MR) is 107 cm³/mol. The largest absolute Gasteiger partial charge is 0.356 e. The molecule has 1 saturated heterocycles. The highest BCUT2D eigenvalue weighted by molar-refractivity contribution is 14.0. The highest BCUT2D eigenvalue weighted by atomic mass is 127. The van der Waals surface area contributed by atoms with Gasteiger partial charge in [-0.2, -0.15) is 11.3 Å². The van der Waals surface area contributed by atoms with Crippen LogP contribution >= 0.6 is 35.3 Å². The van der Waals surface area contributed by atoms with E-state index >= 15 is 0 Å². The van der Waals surface area contributed by atoms with Gasteiger partial charge in [0, 0.05) is 26.7 Å². The van der Waals surface area contributed by atoms with Gasteiger partial charge in [0.15, 0.2) is 5.96 Å². The first-order valence-corrected chi connectivity index (χ1v) is 9.20. The normalized spacial score (nSPS) is 26.3. The van der Waals surface area contributed by atoms with Gasteiger partial charge in [0.05, 0.1) is 0 Å². The fourth-order valence-electron chi connectivity index (χ4n) is 3.83. The summed E-state index contributed by atoms with van der Waals surface area (Å²) >= 11 is 1.78. The number of nitrogens with zero attached hydrogens (tertiary/aromatic N) is 2. The maximum atomic E-state index is 4.52. The molecule has 1 N–H and O–H groups in total. The molecule has 0 amide bonds. The average Bonchev–Trinajstić information content (AvgIpc) is 3.17. The van der Waals surface area contributed by atoms with Crippen molar-refractivity contribution in [2.75, 3.05) is 26.7 Å². The maximum Gasteiger partial charge on any atom is 0.193 e. The third-order valence-electron chi connectivity index (χ3n) is 5.17. The molecule has 1 aromatic rings. The van der Waals surface area contributed by atoms with E-state index in [0.717, 1.165) is 24.3 Å². The Bertz CT molecular complexity index is 460. The molecule has 2 fully saturated rings. The molecule has 1 aliphatic heterocycles. The summed E-state index contributed by atoms with van der Waals surface area (Å²) in [6.45, 7) is 5.66. The van der Waals surface area contributed by atoms with Crippen molar-refractivity contribution in [3.05, 3.63) is 22.4 Å². The molecule has 1 saturated carbocycles. The van der Waals surface area contributed by atoms with Gasteiger partial charge < -0.3 is 10.2 Å². The molecule has 3 unspecified atom stereocenters. The van der Waals surface area contributed by atoms with Gasteiger partial charge in [-0.15, -0.1) is 24.0 Å². The summed E-state index contributed by atoms with van der Waals surface area (Å²) in [7, 11) is 1.92. The first-order valence-electron chi connectivity index (χ1n) is 8.25. The van der Waals surface area contributed by atoms with Crippen molar-refractivity contribution in [3.63, 3.8) is 0 Å². The van der Waals surface area contributed by atoms with Crippen molar-refractivity contribution < 1.29 is 0 Å².